The van der Waals surface area contributed by atoms with Crippen LogP contribution in [-0.2, 0) is 15.7 Å². The van der Waals surface area contributed by atoms with E-state index in [0.29, 0.717) is 22.8 Å². The van der Waals surface area contributed by atoms with Crippen LogP contribution in [0.3, 0.4) is 0 Å². The Morgan fingerprint density at radius 3 is 2.45 bits per heavy atom. The molecule has 3 aliphatic heterocycles. The minimum Gasteiger partial charge on any atom is -0.454 e. The van der Waals surface area contributed by atoms with Gasteiger partial charge in [-0.15, -0.1) is 0 Å². The average Bonchev–Trinajstić information content (AvgIpc) is 3.62. The second-order valence-corrected chi connectivity index (χ2v) is 9.22. The highest BCUT2D eigenvalue weighted by molar-refractivity contribution is 7.54. The lowest BCUT2D eigenvalue weighted by Crippen LogP contribution is -2.08. The molecule has 0 unspecified atom stereocenters. The molecule has 10 nitrogen and oxygen atoms in total. The Labute approximate surface area is 166 Å². The summed E-state index contributed by atoms with van der Waals surface area (Å²) in [4.78, 5) is 10.9. The molecule has 0 amide bonds. The zero-order valence-corrected chi connectivity index (χ0v) is 16.2. The van der Waals surface area contributed by atoms with E-state index < -0.39 is 12.6 Å². The fourth-order valence-corrected chi connectivity index (χ4v) is 5.24. The summed E-state index contributed by atoms with van der Waals surface area (Å²) >= 11 is 0. The van der Waals surface area contributed by atoms with Crippen molar-refractivity contribution in [2.45, 2.75) is 6.61 Å². The molecular weight excluding hydrogens is 401 g/mol. The molecule has 2 fully saturated rings. The van der Waals surface area contributed by atoms with Gasteiger partial charge in [-0.2, -0.15) is 0 Å². The normalized spacial score (nSPS) is 17.9. The van der Waals surface area contributed by atoms with Crippen LogP contribution in [0.25, 0.3) is 0 Å². The summed E-state index contributed by atoms with van der Waals surface area (Å²) in [7, 11) is -2.97. The van der Waals surface area contributed by atoms with Crippen molar-refractivity contribution in [2.24, 2.45) is 0 Å². The standard InChI is InChI=1S/C18H18N3O7P/c22-21(23)15-3-1-13(11-27-29(24,19-5-6-19)20-7-8-20)9-17(15)28-14-2-4-16-18(10-14)26-12-25-16/h1-4,9-10H,5-8,11-12H2. The van der Waals surface area contributed by atoms with Crippen LogP contribution >= 0.6 is 7.67 Å². The van der Waals surface area contributed by atoms with Gasteiger partial charge in [-0.05, 0) is 29.8 Å². The highest BCUT2D eigenvalue weighted by atomic mass is 31.2. The van der Waals surface area contributed by atoms with Crippen molar-refractivity contribution in [3.05, 3.63) is 52.1 Å². The van der Waals surface area contributed by atoms with Gasteiger partial charge in [0.05, 0.1) is 11.5 Å². The van der Waals surface area contributed by atoms with Crippen molar-refractivity contribution in [3.63, 3.8) is 0 Å². The monoisotopic (exact) mass is 419 g/mol. The number of hydrogen-bond acceptors (Lipinski definition) is 7. The number of fused-ring (bicyclic) bond motifs is 1. The molecule has 0 atom stereocenters. The van der Waals surface area contributed by atoms with E-state index in [0.717, 1.165) is 26.2 Å². The third kappa shape index (κ3) is 3.67. The fourth-order valence-electron chi connectivity index (χ4n) is 3.04. The highest BCUT2D eigenvalue weighted by Gasteiger charge is 2.49. The molecule has 3 heterocycles. The van der Waals surface area contributed by atoms with Crippen LogP contribution in [0.1, 0.15) is 5.56 Å². The molecule has 0 spiro atoms. The molecule has 2 aromatic rings. The number of nitro benzene ring substituents is 1. The highest BCUT2D eigenvalue weighted by Crippen LogP contribution is 2.61. The Kier molecular flexibility index (Phi) is 4.44. The summed E-state index contributed by atoms with van der Waals surface area (Å²) in [6.45, 7) is 3.22. The van der Waals surface area contributed by atoms with Crippen molar-refractivity contribution in [2.75, 3.05) is 33.0 Å². The van der Waals surface area contributed by atoms with E-state index in [9.17, 15) is 14.7 Å². The van der Waals surface area contributed by atoms with Gasteiger partial charge in [0.25, 0.3) is 0 Å². The smallest absolute Gasteiger partial charge is 0.346 e. The summed E-state index contributed by atoms with van der Waals surface area (Å²) < 4.78 is 38.8. The number of nitro groups is 1. The molecule has 0 aliphatic carbocycles. The third-order valence-electron chi connectivity index (χ3n) is 4.75. The van der Waals surface area contributed by atoms with Gasteiger partial charge >= 0.3 is 13.4 Å². The summed E-state index contributed by atoms with van der Waals surface area (Å²) in [6, 6.07) is 9.43. The van der Waals surface area contributed by atoms with E-state index >= 15 is 0 Å². The Hall–Kier alpha value is -2.65. The zero-order valence-electron chi connectivity index (χ0n) is 15.4. The number of nitrogens with zero attached hydrogens (tertiary/aromatic N) is 3. The summed E-state index contributed by atoms with van der Waals surface area (Å²) in [5.41, 5.74) is 0.460. The van der Waals surface area contributed by atoms with Gasteiger partial charge < -0.3 is 18.7 Å². The van der Waals surface area contributed by atoms with Gasteiger partial charge in [-0.3, -0.25) is 14.7 Å². The maximum atomic E-state index is 13.0. The first kappa shape index (κ1) is 18.4. The van der Waals surface area contributed by atoms with Crippen LogP contribution in [0.15, 0.2) is 36.4 Å². The lowest BCUT2D eigenvalue weighted by molar-refractivity contribution is -0.385. The quantitative estimate of drug-likeness (QED) is 0.276. The Morgan fingerprint density at radius 1 is 1.03 bits per heavy atom. The molecule has 0 radical (unpaired) electrons. The van der Waals surface area contributed by atoms with E-state index in [1.165, 1.54) is 12.1 Å². The molecule has 0 aromatic heterocycles. The number of hydrogen-bond donors (Lipinski definition) is 0. The average molecular weight is 419 g/mol. The van der Waals surface area contributed by atoms with Crippen molar-refractivity contribution < 1.29 is 28.2 Å². The second-order valence-electron chi connectivity index (χ2n) is 6.85. The van der Waals surface area contributed by atoms with Crippen molar-refractivity contribution >= 4 is 13.4 Å². The lowest BCUT2D eigenvalue weighted by Gasteiger charge is -2.19. The predicted molar refractivity (Wildman–Crippen MR) is 101 cm³/mol. The first-order valence-corrected chi connectivity index (χ1v) is 10.7. The number of ether oxygens (including phenoxy) is 3. The summed E-state index contributed by atoms with van der Waals surface area (Å²) in [5, 5.41) is 11.4. The second kappa shape index (κ2) is 7.00. The molecule has 0 saturated carbocycles. The Balaban J connectivity index is 1.37. The van der Waals surface area contributed by atoms with Crippen LogP contribution in [0, 0.1) is 10.1 Å². The van der Waals surface area contributed by atoms with Gasteiger partial charge in [0.2, 0.25) is 12.5 Å². The molecule has 152 valence electrons. The third-order valence-corrected chi connectivity index (χ3v) is 7.45. The maximum absolute atomic E-state index is 13.0. The minimum absolute atomic E-state index is 0.0692. The first-order chi connectivity index (χ1) is 14.0. The molecule has 2 saturated heterocycles. The molecular formula is C18H18N3O7P. The molecule has 2 aromatic carbocycles. The van der Waals surface area contributed by atoms with E-state index in [1.807, 2.05) is 9.34 Å². The maximum Gasteiger partial charge on any atom is 0.346 e. The van der Waals surface area contributed by atoms with E-state index in [4.69, 9.17) is 18.7 Å². The molecule has 11 heteroatoms. The van der Waals surface area contributed by atoms with E-state index in [1.54, 1.807) is 24.3 Å². The van der Waals surface area contributed by atoms with Crippen molar-refractivity contribution in [1.82, 2.24) is 9.34 Å². The topological polar surface area (TPSA) is 103 Å². The summed E-state index contributed by atoms with van der Waals surface area (Å²) in [5.74, 6) is 1.56. The van der Waals surface area contributed by atoms with Gasteiger partial charge in [0.1, 0.15) is 5.75 Å². The zero-order chi connectivity index (χ0) is 20.0. The van der Waals surface area contributed by atoms with Crippen LogP contribution in [0.2, 0.25) is 0 Å². The van der Waals surface area contributed by atoms with Crippen LogP contribution < -0.4 is 14.2 Å². The van der Waals surface area contributed by atoms with Gasteiger partial charge in [-0.1, -0.05) is 0 Å². The SMILES string of the molecule is O=[N+]([O-])c1ccc(COP(=O)(N2CC2)N2CC2)cc1Oc1ccc2c(c1)OCO2. The van der Waals surface area contributed by atoms with E-state index in [-0.39, 0.29) is 24.8 Å². The minimum atomic E-state index is -2.97. The molecule has 29 heavy (non-hydrogen) atoms. The summed E-state index contributed by atoms with van der Waals surface area (Å²) in [6.07, 6.45) is 0. The lowest BCUT2D eigenvalue weighted by atomic mass is 10.2. The Morgan fingerprint density at radius 2 is 1.76 bits per heavy atom. The van der Waals surface area contributed by atoms with Crippen LogP contribution in [0.4, 0.5) is 5.69 Å². The molecule has 5 rings (SSSR count). The molecule has 0 N–H and O–H groups in total. The van der Waals surface area contributed by atoms with Gasteiger partial charge in [-0.25, -0.2) is 9.34 Å². The van der Waals surface area contributed by atoms with Crippen molar-refractivity contribution in [3.8, 4) is 23.0 Å². The first-order valence-electron chi connectivity index (χ1n) is 9.13. The Bertz CT molecular complexity index is 1010. The number of rotatable bonds is 8. The van der Waals surface area contributed by atoms with Gasteiger partial charge in [0, 0.05) is 38.3 Å². The molecule has 0 bridgehead atoms. The number of benzene rings is 2. The van der Waals surface area contributed by atoms with Gasteiger partial charge in [0.15, 0.2) is 11.5 Å². The largest absolute Gasteiger partial charge is 0.454 e. The predicted octanol–water partition coefficient (Wildman–Crippen LogP) is 3.37. The fraction of sp³-hybridized carbons (Fsp3) is 0.333. The van der Waals surface area contributed by atoms with Crippen molar-refractivity contribution in [1.29, 1.82) is 0 Å². The van der Waals surface area contributed by atoms with E-state index in [2.05, 4.69) is 0 Å². The van der Waals surface area contributed by atoms with Crippen LogP contribution in [-0.4, -0.2) is 47.2 Å². The molecule has 3 aliphatic rings. The van der Waals surface area contributed by atoms with Crippen LogP contribution in [0.5, 0.6) is 23.0 Å².